The van der Waals surface area contributed by atoms with Crippen molar-refractivity contribution in [3.8, 4) is 0 Å². The van der Waals surface area contributed by atoms with Gasteiger partial charge in [-0.1, -0.05) is 18.2 Å². The van der Waals surface area contributed by atoms with Crippen LogP contribution < -0.4 is 5.32 Å². The van der Waals surface area contributed by atoms with Crippen LogP contribution in [0, 0.1) is 0 Å². The molecule has 3 heterocycles. The van der Waals surface area contributed by atoms with Crippen LogP contribution in [0.5, 0.6) is 0 Å². The number of nitrogens with zero attached hydrogens (tertiary/aromatic N) is 4. The molecule has 0 radical (unpaired) electrons. The van der Waals surface area contributed by atoms with E-state index in [2.05, 4.69) is 34.3 Å². The zero-order valence-electron chi connectivity index (χ0n) is 15.6. The number of benzene rings is 1. The molecule has 0 unspecified atom stereocenters. The minimum absolute atomic E-state index is 0.0758. The average molecular weight is 353 g/mol. The molecule has 2 aliphatic heterocycles. The van der Waals surface area contributed by atoms with Crippen LogP contribution in [0.2, 0.25) is 0 Å². The van der Waals surface area contributed by atoms with Gasteiger partial charge in [-0.15, -0.1) is 0 Å². The Bertz CT molecular complexity index is 794. The van der Waals surface area contributed by atoms with Gasteiger partial charge in [-0.25, -0.2) is 0 Å². The standard InChI is InChI=1S/C20H27N5O/c1-15-14-25(12-9-21-15)20(2)7-10-24(11-8-20)19(26)17-13-22-23-18-6-4-3-5-16(17)18/h3-6,13,15,21H,7-12,14H2,1-2H3/t15-/m0/s1. The smallest absolute Gasteiger partial charge is 0.256 e. The number of fused-ring (bicyclic) bond motifs is 1. The van der Waals surface area contributed by atoms with Crippen LogP contribution in [0.4, 0.5) is 0 Å². The molecule has 1 aromatic carbocycles. The third kappa shape index (κ3) is 3.19. The third-order valence-electron chi connectivity index (χ3n) is 6.04. The van der Waals surface area contributed by atoms with Gasteiger partial charge in [0, 0.05) is 49.7 Å². The van der Waals surface area contributed by atoms with Crippen molar-refractivity contribution in [1.82, 2.24) is 25.3 Å². The average Bonchev–Trinajstić information content (AvgIpc) is 2.68. The van der Waals surface area contributed by atoms with Crippen LogP contribution in [0.3, 0.4) is 0 Å². The number of carbonyl (C=O) groups is 1. The van der Waals surface area contributed by atoms with Crippen LogP contribution in [0.15, 0.2) is 30.5 Å². The molecular formula is C20H27N5O. The quantitative estimate of drug-likeness (QED) is 0.894. The van der Waals surface area contributed by atoms with E-state index < -0.39 is 0 Å². The van der Waals surface area contributed by atoms with Crippen molar-refractivity contribution in [2.45, 2.75) is 38.3 Å². The number of piperidine rings is 1. The summed E-state index contributed by atoms with van der Waals surface area (Å²) in [5.41, 5.74) is 1.62. The van der Waals surface area contributed by atoms with Crippen molar-refractivity contribution >= 4 is 16.8 Å². The summed E-state index contributed by atoms with van der Waals surface area (Å²) in [4.78, 5) is 17.7. The Morgan fingerprint density at radius 1 is 1.23 bits per heavy atom. The number of aromatic nitrogens is 2. The van der Waals surface area contributed by atoms with Crippen molar-refractivity contribution in [3.05, 3.63) is 36.0 Å². The molecule has 2 aromatic rings. The number of hydrogen-bond acceptors (Lipinski definition) is 5. The molecule has 4 rings (SSSR count). The predicted octanol–water partition coefficient (Wildman–Crippen LogP) is 1.92. The Labute approximate surface area is 154 Å². The van der Waals surface area contributed by atoms with Gasteiger partial charge >= 0.3 is 0 Å². The van der Waals surface area contributed by atoms with E-state index in [1.54, 1.807) is 6.20 Å². The highest BCUT2D eigenvalue weighted by molar-refractivity contribution is 6.05. The Kier molecular flexibility index (Phi) is 4.63. The van der Waals surface area contributed by atoms with E-state index in [4.69, 9.17) is 0 Å². The van der Waals surface area contributed by atoms with Gasteiger partial charge in [0.1, 0.15) is 0 Å². The number of amides is 1. The second-order valence-corrected chi connectivity index (χ2v) is 7.87. The molecule has 0 bridgehead atoms. The van der Waals surface area contributed by atoms with E-state index in [1.165, 1.54) is 0 Å². The lowest BCUT2D eigenvalue weighted by atomic mass is 9.86. The molecule has 1 aromatic heterocycles. The Morgan fingerprint density at radius 2 is 2.00 bits per heavy atom. The highest BCUT2D eigenvalue weighted by atomic mass is 16.2. The van der Waals surface area contributed by atoms with Gasteiger partial charge < -0.3 is 10.2 Å². The maximum absolute atomic E-state index is 13.1. The number of rotatable bonds is 2. The Balaban J connectivity index is 1.48. The fourth-order valence-electron chi connectivity index (χ4n) is 4.28. The number of likely N-dealkylation sites (tertiary alicyclic amines) is 1. The minimum Gasteiger partial charge on any atom is -0.338 e. The van der Waals surface area contributed by atoms with Crippen molar-refractivity contribution in [1.29, 1.82) is 0 Å². The number of nitrogens with one attached hydrogen (secondary N) is 1. The maximum Gasteiger partial charge on any atom is 0.256 e. The largest absolute Gasteiger partial charge is 0.338 e. The molecule has 2 saturated heterocycles. The first kappa shape index (κ1) is 17.4. The fraction of sp³-hybridized carbons (Fsp3) is 0.550. The highest BCUT2D eigenvalue weighted by Crippen LogP contribution is 2.30. The molecule has 2 aliphatic rings. The van der Waals surface area contributed by atoms with E-state index >= 15 is 0 Å². The Morgan fingerprint density at radius 3 is 2.77 bits per heavy atom. The first-order valence-corrected chi connectivity index (χ1v) is 9.55. The highest BCUT2D eigenvalue weighted by Gasteiger charge is 2.38. The second-order valence-electron chi connectivity index (χ2n) is 7.87. The molecule has 6 nitrogen and oxygen atoms in total. The summed E-state index contributed by atoms with van der Waals surface area (Å²) in [6.45, 7) is 9.42. The molecule has 0 spiro atoms. The third-order valence-corrected chi connectivity index (χ3v) is 6.04. The summed E-state index contributed by atoms with van der Waals surface area (Å²) in [6, 6.07) is 8.26. The van der Waals surface area contributed by atoms with Crippen molar-refractivity contribution in [3.63, 3.8) is 0 Å². The molecule has 26 heavy (non-hydrogen) atoms. The zero-order chi connectivity index (χ0) is 18.1. The van der Waals surface area contributed by atoms with Gasteiger partial charge in [0.15, 0.2) is 0 Å². The zero-order valence-corrected chi connectivity index (χ0v) is 15.6. The van der Waals surface area contributed by atoms with Crippen LogP contribution in [-0.4, -0.2) is 70.2 Å². The first-order chi connectivity index (χ1) is 12.6. The topological polar surface area (TPSA) is 61.4 Å². The van der Waals surface area contributed by atoms with Crippen LogP contribution in [-0.2, 0) is 0 Å². The van der Waals surface area contributed by atoms with E-state index in [-0.39, 0.29) is 11.4 Å². The van der Waals surface area contributed by atoms with Crippen LogP contribution in [0.25, 0.3) is 10.9 Å². The normalized spacial score (nSPS) is 23.9. The minimum atomic E-state index is 0.0758. The molecule has 0 aliphatic carbocycles. The van der Waals surface area contributed by atoms with Crippen LogP contribution >= 0.6 is 0 Å². The summed E-state index contributed by atoms with van der Waals surface area (Å²) in [5, 5.41) is 12.6. The van der Waals surface area contributed by atoms with Gasteiger partial charge in [-0.2, -0.15) is 10.2 Å². The summed E-state index contributed by atoms with van der Waals surface area (Å²) in [5.74, 6) is 0.0758. The number of piperazine rings is 1. The Hall–Kier alpha value is -2.05. The van der Waals surface area contributed by atoms with E-state index in [0.29, 0.717) is 11.6 Å². The van der Waals surface area contributed by atoms with E-state index in [9.17, 15) is 4.79 Å². The summed E-state index contributed by atoms with van der Waals surface area (Å²) in [7, 11) is 0. The SMILES string of the molecule is C[C@H]1CN(C2(C)CCN(C(=O)c3cnnc4ccccc34)CC2)CCN1. The van der Waals surface area contributed by atoms with E-state index in [1.807, 2.05) is 29.2 Å². The van der Waals surface area contributed by atoms with Crippen molar-refractivity contribution in [2.75, 3.05) is 32.7 Å². The fourth-order valence-corrected chi connectivity index (χ4v) is 4.28. The lowest BCUT2D eigenvalue weighted by Crippen LogP contribution is -2.61. The second kappa shape index (κ2) is 6.93. The summed E-state index contributed by atoms with van der Waals surface area (Å²) in [6.07, 6.45) is 3.64. The van der Waals surface area contributed by atoms with Crippen LogP contribution in [0.1, 0.15) is 37.0 Å². The molecule has 1 amide bonds. The predicted molar refractivity (Wildman–Crippen MR) is 102 cm³/mol. The van der Waals surface area contributed by atoms with E-state index in [0.717, 1.165) is 56.5 Å². The first-order valence-electron chi connectivity index (χ1n) is 9.55. The number of carbonyl (C=O) groups excluding carboxylic acids is 1. The van der Waals surface area contributed by atoms with Crippen molar-refractivity contribution < 1.29 is 4.79 Å². The molecule has 2 fully saturated rings. The lowest BCUT2D eigenvalue weighted by molar-refractivity contribution is 0.0165. The van der Waals surface area contributed by atoms with Gasteiger partial charge in [-0.3, -0.25) is 9.69 Å². The molecule has 1 N–H and O–H groups in total. The molecule has 1 atom stereocenters. The van der Waals surface area contributed by atoms with Crippen molar-refractivity contribution in [2.24, 2.45) is 0 Å². The van der Waals surface area contributed by atoms with Gasteiger partial charge in [0.05, 0.1) is 17.3 Å². The lowest BCUT2D eigenvalue weighted by Gasteiger charge is -2.49. The van der Waals surface area contributed by atoms with Gasteiger partial charge in [0.25, 0.3) is 5.91 Å². The molecular weight excluding hydrogens is 326 g/mol. The molecule has 6 heteroatoms. The molecule has 138 valence electrons. The van der Waals surface area contributed by atoms with Gasteiger partial charge in [-0.05, 0) is 32.8 Å². The number of hydrogen-bond donors (Lipinski definition) is 1. The maximum atomic E-state index is 13.1. The van der Waals surface area contributed by atoms with Gasteiger partial charge in [0.2, 0.25) is 0 Å². The monoisotopic (exact) mass is 353 g/mol. The summed E-state index contributed by atoms with van der Waals surface area (Å²) < 4.78 is 0. The summed E-state index contributed by atoms with van der Waals surface area (Å²) >= 11 is 0. The molecule has 0 saturated carbocycles.